The summed E-state index contributed by atoms with van der Waals surface area (Å²) in [6.07, 6.45) is 6.25. The van der Waals surface area contributed by atoms with Crippen molar-refractivity contribution >= 4 is 17.5 Å². The van der Waals surface area contributed by atoms with E-state index in [1.54, 1.807) is 10.9 Å². The van der Waals surface area contributed by atoms with Gasteiger partial charge in [0.25, 0.3) is 5.91 Å². The number of carbonyl (C=O) groups is 1. The van der Waals surface area contributed by atoms with Gasteiger partial charge >= 0.3 is 0 Å². The summed E-state index contributed by atoms with van der Waals surface area (Å²) in [5.74, 6) is -0.237. The van der Waals surface area contributed by atoms with E-state index >= 15 is 0 Å². The molecular formula is C13H18ClN5O. The Kier molecular flexibility index (Phi) is 4.79. The van der Waals surface area contributed by atoms with Crippen LogP contribution in [0.25, 0.3) is 0 Å². The topological polar surface area (TPSA) is 64.7 Å². The Balaban J connectivity index is 1.78. The molecule has 0 fully saturated rings. The predicted octanol–water partition coefficient (Wildman–Crippen LogP) is 1.88. The van der Waals surface area contributed by atoms with Crippen molar-refractivity contribution < 1.29 is 4.79 Å². The number of aromatic nitrogens is 4. The summed E-state index contributed by atoms with van der Waals surface area (Å²) in [4.78, 5) is 11.9. The van der Waals surface area contributed by atoms with Crippen LogP contribution < -0.4 is 5.32 Å². The molecule has 0 unspecified atom stereocenters. The Morgan fingerprint density at radius 1 is 1.40 bits per heavy atom. The Labute approximate surface area is 122 Å². The molecule has 1 N–H and O–H groups in total. The minimum absolute atomic E-state index is 0.237. The first-order valence-corrected chi connectivity index (χ1v) is 6.98. The SMILES string of the molecule is CCn1cc(Cl)c(C(=O)NCCCn2cc(C)cn2)n1. The molecule has 0 aliphatic rings. The molecule has 0 aliphatic carbocycles. The van der Waals surface area contributed by atoms with Crippen LogP contribution in [0.2, 0.25) is 5.02 Å². The van der Waals surface area contributed by atoms with Gasteiger partial charge in [-0.15, -0.1) is 0 Å². The minimum atomic E-state index is -0.237. The average molecular weight is 296 g/mol. The molecule has 7 heteroatoms. The fourth-order valence-corrected chi connectivity index (χ4v) is 2.07. The fraction of sp³-hybridized carbons (Fsp3) is 0.462. The zero-order chi connectivity index (χ0) is 14.5. The number of halogens is 1. The zero-order valence-corrected chi connectivity index (χ0v) is 12.4. The highest BCUT2D eigenvalue weighted by Crippen LogP contribution is 2.13. The van der Waals surface area contributed by atoms with Gasteiger partial charge in [0, 0.05) is 32.0 Å². The van der Waals surface area contributed by atoms with E-state index in [0.717, 1.165) is 18.5 Å². The molecule has 2 rings (SSSR count). The molecule has 2 aromatic rings. The van der Waals surface area contributed by atoms with Crippen LogP contribution in [-0.4, -0.2) is 32.0 Å². The van der Waals surface area contributed by atoms with Gasteiger partial charge in [0.05, 0.1) is 11.2 Å². The number of nitrogens with one attached hydrogen (secondary N) is 1. The summed E-state index contributed by atoms with van der Waals surface area (Å²) < 4.78 is 3.50. The molecule has 1 amide bonds. The predicted molar refractivity (Wildman–Crippen MR) is 76.8 cm³/mol. The van der Waals surface area contributed by atoms with Crippen molar-refractivity contribution in [2.24, 2.45) is 0 Å². The van der Waals surface area contributed by atoms with Crippen molar-refractivity contribution in [1.82, 2.24) is 24.9 Å². The summed E-state index contributed by atoms with van der Waals surface area (Å²) in [7, 11) is 0. The lowest BCUT2D eigenvalue weighted by molar-refractivity contribution is 0.0947. The Morgan fingerprint density at radius 3 is 2.80 bits per heavy atom. The van der Waals surface area contributed by atoms with E-state index in [4.69, 9.17) is 11.6 Å². The molecule has 0 radical (unpaired) electrons. The van der Waals surface area contributed by atoms with Crippen molar-refractivity contribution in [2.75, 3.05) is 6.54 Å². The molecule has 2 heterocycles. The lowest BCUT2D eigenvalue weighted by atomic mass is 10.3. The second-order valence-electron chi connectivity index (χ2n) is 4.57. The number of hydrogen-bond acceptors (Lipinski definition) is 3. The number of carbonyl (C=O) groups excluding carboxylic acids is 1. The molecule has 0 aliphatic heterocycles. The van der Waals surface area contributed by atoms with Gasteiger partial charge in [-0.1, -0.05) is 11.6 Å². The maximum absolute atomic E-state index is 11.9. The summed E-state index contributed by atoms with van der Waals surface area (Å²) in [5.41, 5.74) is 1.41. The number of nitrogens with zero attached hydrogens (tertiary/aromatic N) is 4. The van der Waals surface area contributed by atoms with Crippen LogP contribution >= 0.6 is 11.6 Å². The highest BCUT2D eigenvalue weighted by Gasteiger charge is 2.14. The maximum Gasteiger partial charge on any atom is 0.273 e. The van der Waals surface area contributed by atoms with Gasteiger partial charge in [0.2, 0.25) is 0 Å². The van der Waals surface area contributed by atoms with Crippen molar-refractivity contribution in [3.8, 4) is 0 Å². The van der Waals surface area contributed by atoms with Gasteiger partial charge in [-0.2, -0.15) is 10.2 Å². The summed E-state index contributed by atoms with van der Waals surface area (Å²) in [6, 6.07) is 0. The smallest absolute Gasteiger partial charge is 0.273 e. The van der Waals surface area contributed by atoms with Crippen LogP contribution in [0.3, 0.4) is 0 Å². The first kappa shape index (κ1) is 14.6. The third-order valence-electron chi connectivity index (χ3n) is 2.87. The van der Waals surface area contributed by atoms with E-state index in [-0.39, 0.29) is 11.6 Å². The van der Waals surface area contributed by atoms with Gasteiger partial charge in [-0.3, -0.25) is 14.2 Å². The fourth-order valence-electron chi connectivity index (χ4n) is 1.83. The van der Waals surface area contributed by atoms with Gasteiger partial charge in [-0.05, 0) is 25.8 Å². The molecule has 0 bridgehead atoms. The van der Waals surface area contributed by atoms with E-state index in [0.29, 0.717) is 18.1 Å². The van der Waals surface area contributed by atoms with Gasteiger partial charge in [0.15, 0.2) is 5.69 Å². The summed E-state index contributed by atoms with van der Waals surface area (Å²) in [6.45, 7) is 5.96. The molecule has 6 nitrogen and oxygen atoms in total. The maximum atomic E-state index is 11.9. The highest BCUT2D eigenvalue weighted by molar-refractivity contribution is 6.33. The normalized spacial score (nSPS) is 10.8. The molecule has 0 aromatic carbocycles. The van der Waals surface area contributed by atoms with Crippen LogP contribution in [0.4, 0.5) is 0 Å². The van der Waals surface area contributed by atoms with Crippen molar-refractivity contribution in [2.45, 2.75) is 33.4 Å². The van der Waals surface area contributed by atoms with E-state index in [1.807, 2.05) is 30.9 Å². The van der Waals surface area contributed by atoms with Crippen LogP contribution in [0.15, 0.2) is 18.6 Å². The van der Waals surface area contributed by atoms with Crippen LogP contribution in [0.5, 0.6) is 0 Å². The largest absolute Gasteiger partial charge is 0.351 e. The molecule has 0 spiro atoms. The number of hydrogen-bond donors (Lipinski definition) is 1. The van der Waals surface area contributed by atoms with Crippen molar-refractivity contribution in [1.29, 1.82) is 0 Å². The standard InChI is InChI=1S/C13H18ClN5O/c1-3-18-9-11(14)12(17-18)13(20)15-5-4-6-19-8-10(2)7-16-19/h7-9H,3-6H2,1-2H3,(H,15,20). The highest BCUT2D eigenvalue weighted by atomic mass is 35.5. The Morgan fingerprint density at radius 2 is 2.20 bits per heavy atom. The molecule has 20 heavy (non-hydrogen) atoms. The van der Waals surface area contributed by atoms with Gasteiger partial charge in [-0.25, -0.2) is 0 Å². The molecule has 0 saturated carbocycles. The quantitative estimate of drug-likeness (QED) is 0.828. The zero-order valence-electron chi connectivity index (χ0n) is 11.6. The molecule has 108 valence electrons. The first-order valence-electron chi connectivity index (χ1n) is 6.60. The molecule has 2 aromatic heterocycles. The van der Waals surface area contributed by atoms with Crippen LogP contribution in [0, 0.1) is 6.92 Å². The summed E-state index contributed by atoms with van der Waals surface area (Å²) in [5, 5.41) is 11.5. The lowest BCUT2D eigenvalue weighted by Crippen LogP contribution is -2.26. The monoisotopic (exact) mass is 295 g/mol. The Bertz CT molecular complexity index is 589. The van der Waals surface area contributed by atoms with E-state index in [1.165, 1.54) is 0 Å². The van der Waals surface area contributed by atoms with E-state index in [9.17, 15) is 4.79 Å². The van der Waals surface area contributed by atoms with Crippen molar-refractivity contribution in [3.63, 3.8) is 0 Å². The number of amides is 1. The van der Waals surface area contributed by atoms with Crippen LogP contribution in [-0.2, 0) is 13.1 Å². The second kappa shape index (κ2) is 6.56. The molecular weight excluding hydrogens is 278 g/mol. The van der Waals surface area contributed by atoms with E-state index < -0.39 is 0 Å². The second-order valence-corrected chi connectivity index (χ2v) is 4.98. The summed E-state index contributed by atoms with van der Waals surface area (Å²) >= 11 is 5.97. The van der Waals surface area contributed by atoms with Gasteiger partial charge in [0.1, 0.15) is 0 Å². The van der Waals surface area contributed by atoms with Crippen LogP contribution in [0.1, 0.15) is 29.4 Å². The number of rotatable bonds is 6. The Hall–Kier alpha value is -1.82. The molecule has 0 atom stereocenters. The molecule has 0 saturated heterocycles. The average Bonchev–Trinajstić information content (AvgIpc) is 3.00. The third kappa shape index (κ3) is 3.60. The lowest BCUT2D eigenvalue weighted by Gasteiger charge is -2.04. The van der Waals surface area contributed by atoms with Gasteiger partial charge < -0.3 is 5.32 Å². The van der Waals surface area contributed by atoms with Crippen molar-refractivity contribution in [3.05, 3.63) is 34.9 Å². The number of aryl methyl sites for hydroxylation is 3. The van der Waals surface area contributed by atoms with E-state index in [2.05, 4.69) is 15.5 Å². The minimum Gasteiger partial charge on any atom is -0.351 e. The first-order chi connectivity index (χ1) is 9.60. The third-order valence-corrected chi connectivity index (χ3v) is 3.14.